The molecule has 1 N–H and O–H groups in total. The topological polar surface area (TPSA) is 21.3 Å². The van der Waals surface area contributed by atoms with Crippen LogP contribution >= 0.6 is 0 Å². The Kier molecular flexibility index (Phi) is 6.33. The Bertz CT molecular complexity index is 502. The highest BCUT2D eigenvalue weighted by Gasteiger charge is 1.97. The van der Waals surface area contributed by atoms with E-state index in [1.165, 1.54) is 12.1 Å². The average molecular weight is 281 g/mol. The van der Waals surface area contributed by atoms with Gasteiger partial charge in [0.1, 0.15) is 11.6 Å². The summed E-state index contributed by atoms with van der Waals surface area (Å²) in [5, 5.41) is 3.31. The molecule has 0 aromatic heterocycles. The lowest BCUT2D eigenvalue weighted by Crippen LogP contribution is -3.00. The molecule has 0 saturated heterocycles. The zero-order chi connectivity index (χ0) is 12.8. The van der Waals surface area contributed by atoms with Crippen LogP contribution in [0.3, 0.4) is 0 Å². The minimum atomic E-state index is -0.202. The van der Waals surface area contributed by atoms with E-state index in [1.54, 1.807) is 19.2 Å². The second kappa shape index (κ2) is 7.77. The van der Waals surface area contributed by atoms with E-state index in [0.29, 0.717) is 0 Å². The summed E-state index contributed by atoms with van der Waals surface area (Å²) in [5.41, 5.74) is 2.23. The number of rotatable bonds is 5. The van der Waals surface area contributed by atoms with Gasteiger partial charge < -0.3 is 22.5 Å². The predicted octanol–water partition coefficient (Wildman–Crippen LogP) is 0.128. The molecule has 0 radical (unpaired) electrons. The summed E-state index contributed by atoms with van der Waals surface area (Å²) in [6, 6.07) is 14.4. The zero-order valence-corrected chi connectivity index (χ0v) is 11.5. The summed E-state index contributed by atoms with van der Waals surface area (Å²) in [6.07, 6.45) is 0. The summed E-state index contributed by atoms with van der Waals surface area (Å²) >= 11 is 0. The molecule has 2 rings (SSSR count). The van der Waals surface area contributed by atoms with Gasteiger partial charge >= 0.3 is 0 Å². The molecule has 102 valence electrons. The van der Waals surface area contributed by atoms with Crippen LogP contribution in [-0.4, -0.2) is 7.11 Å². The van der Waals surface area contributed by atoms with E-state index >= 15 is 0 Å². The molecule has 0 spiro atoms. The molecule has 0 aliphatic carbocycles. The number of nitrogens with one attached hydrogen (secondary N) is 1. The van der Waals surface area contributed by atoms with Gasteiger partial charge in [-0.05, 0) is 35.4 Å². The van der Waals surface area contributed by atoms with Crippen LogP contribution in [0.1, 0.15) is 11.1 Å². The first-order chi connectivity index (χ1) is 8.78. The van der Waals surface area contributed by atoms with Gasteiger partial charge in [-0.1, -0.05) is 24.3 Å². The van der Waals surface area contributed by atoms with E-state index in [2.05, 4.69) is 5.32 Å². The van der Waals surface area contributed by atoms with Crippen molar-refractivity contribution in [2.75, 3.05) is 7.11 Å². The highest BCUT2D eigenvalue weighted by molar-refractivity contribution is 5.28. The molecule has 0 heterocycles. The smallest absolute Gasteiger partial charge is 0.123 e. The van der Waals surface area contributed by atoms with Crippen LogP contribution in [-0.2, 0) is 13.1 Å². The van der Waals surface area contributed by atoms with Gasteiger partial charge in [-0.3, -0.25) is 0 Å². The first kappa shape index (κ1) is 15.5. The predicted molar refractivity (Wildman–Crippen MR) is 69.9 cm³/mol. The van der Waals surface area contributed by atoms with Gasteiger partial charge in [0, 0.05) is 13.1 Å². The van der Waals surface area contributed by atoms with Crippen LogP contribution in [0.4, 0.5) is 4.39 Å². The lowest BCUT2D eigenvalue weighted by Gasteiger charge is -2.06. The lowest BCUT2D eigenvalue weighted by molar-refractivity contribution is -0.00000463. The second-order valence-corrected chi connectivity index (χ2v) is 4.08. The number of hydrogen-bond donors (Lipinski definition) is 1. The average Bonchev–Trinajstić information content (AvgIpc) is 2.41. The molecule has 2 aromatic rings. The van der Waals surface area contributed by atoms with E-state index in [9.17, 15) is 4.39 Å². The fourth-order valence-corrected chi connectivity index (χ4v) is 1.74. The molecule has 19 heavy (non-hydrogen) atoms. The second-order valence-electron chi connectivity index (χ2n) is 4.08. The van der Waals surface area contributed by atoms with E-state index < -0.39 is 0 Å². The Balaban J connectivity index is 0.00000180. The monoisotopic (exact) mass is 280 g/mol. The molecule has 4 heteroatoms. The van der Waals surface area contributed by atoms with E-state index in [0.717, 1.165) is 30.0 Å². The molecule has 0 saturated carbocycles. The van der Waals surface area contributed by atoms with Crippen LogP contribution in [0.15, 0.2) is 48.5 Å². The third-order valence-electron chi connectivity index (χ3n) is 2.71. The molecule has 2 nitrogen and oxygen atoms in total. The van der Waals surface area contributed by atoms with Crippen molar-refractivity contribution >= 4 is 0 Å². The van der Waals surface area contributed by atoms with Crippen molar-refractivity contribution in [3.05, 3.63) is 65.5 Å². The summed E-state index contributed by atoms with van der Waals surface area (Å²) in [7, 11) is 1.66. The van der Waals surface area contributed by atoms with Crippen molar-refractivity contribution in [1.82, 2.24) is 5.32 Å². The summed E-state index contributed by atoms with van der Waals surface area (Å²) < 4.78 is 17.9. The maximum absolute atomic E-state index is 12.7. The van der Waals surface area contributed by atoms with Gasteiger partial charge in [-0.25, -0.2) is 4.39 Å². The molecule has 0 unspecified atom stereocenters. The molecule has 0 fully saturated rings. The molecule has 0 amide bonds. The maximum Gasteiger partial charge on any atom is 0.123 e. The minimum Gasteiger partial charge on any atom is -1.00 e. The molecule has 0 aliphatic rings. The molecule has 0 aliphatic heterocycles. The van der Waals surface area contributed by atoms with Gasteiger partial charge in [0.25, 0.3) is 0 Å². The van der Waals surface area contributed by atoms with Crippen molar-refractivity contribution in [3.63, 3.8) is 0 Å². The zero-order valence-electron chi connectivity index (χ0n) is 10.7. The Morgan fingerprint density at radius 2 is 1.68 bits per heavy atom. The Morgan fingerprint density at radius 1 is 1.00 bits per heavy atom. The van der Waals surface area contributed by atoms with Crippen molar-refractivity contribution in [1.29, 1.82) is 0 Å². The number of hydrogen-bond acceptors (Lipinski definition) is 2. The van der Waals surface area contributed by atoms with Crippen molar-refractivity contribution < 1.29 is 21.5 Å². The van der Waals surface area contributed by atoms with Crippen molar-refractivity contribution in [2.45, 2.75) is 13.1 Å². The normalized spacial score (nSPS) is 9.79. The Labute approximate surface area is 119 Å². The van der Waals surface area contributed by atoms with E-state index in [4.69, 9.17) is 4.74 Å². The number of benzene rings is 2. The number of halogens is 2. The van der Waals surface area contributed by atoms with Crippen LogP contribution in [0.2, 0.25) is 0 Å². The fourth-order valence-electron chi connectivity index (χ4n) is 1.74. The number of ether oxygens (including phenoxy) is 1. The largest absolute Gasteiger partial charge is 1.00 e. The third kappa shape index (κ3) is 4.89. The van der Waals surface area contributed by atoms with Gasteiger partial charge in [-0.2, -0.15) is 0 Å². The SMILES string of the molecule is COc1cccc(CNCc2ccc(F)cc2)c1.[Cl-]. The quantitative estimate of drug-likeness (QED) is 0.841. The fraction of sp³-hybridized carbons (Fsp3) is 0.200. The van der Waals surface area contributed by atoms with Crippen molar-refractivity contribution in [3.8, 4) is 5.75 Å². The van der Waals surface area contributed by atoms with Gasteiger partial charge in [0.05, 0.1) is 7.11 Å². The molecule has 0 atom stereocenters. The molecule has 2 aromatic carbocycles. The molecular formula is C15H16ClFNO-. The van der Waals surface area contributed by atoms with Crippen LogP contribution < -0.4 is 22.5 Å². The van der Waals surface area contributed by atoms with Crippen LogP contribution in [0.5, 0.6) is 5.75 Å². The van der Waals surface area contributed by atoms with Gasteiger partial charge in [0.2, 0.25) is 0 Å². The van der Waals surface area contributed by atoms with Crippen LogP contribution in [0, 0.1) is 5.82 Å². The Hall–Kier alpha value is -1.58. The van der Waals surface area contributed by atoms with E-state index in [-0.39, 0.29) is 18.2 Å². The third-order valence-corrected chi connectivity index (χ3v) is 2.71. The first-order valence-corrected chi connectivity index (χ1v) is 5.86. The van der Waals surface area contributed by atoms with Gasteiger partial charge in [0.15, 0.2) is 0 Å². The summed E-state index contributed by atoms with van der Waals surface area (Å²) in [4.78, 5) is 0. The van der Waals surface area contributed by atoms with Gasteiger partial charge in [-0.15, -0.1) is 0 Å². The molecule has 0 bridgehead atoms. The van der Waals surface area contributed by atoms with E-state index in [1.807, 2.05) is 24.3 Å². The lowest BCUT2D eigenvalue weighted by atomic mass is 10.2. The highest BCUT2D eigenvalue weighted by atomic mass is 35.5. The first-order valence-electron chi connectivity index (χ1n) is 5.86. The minimum absolute atomic E-state index is 0. The standard InChI is InChI=1S/C15H16FNO.ClH/c1-18-15-4-2-3-13(9-15)11-17-10-12-5-7-14(16)8-6-12;/h2-9,17H,10-11H2,1H3;1H/p-1. The number of methoxy groups -OCH3 is 1. The van der Waals surface area contributed by atoms with Crippen molar-refractivity contribution in [2.24, 2.45) is 0 Å². The highest BCUT2D eigenvalue weighted by Crippen LogP contribution is 2.12. The summed E-state index contributed by atoms with van der Waals surface area (Å²) in [6.45, 7) is 1.48. The van der Waals surface area contributed by atoms with Crippen LogP contribution in [0.25, 0.3) is 0 Å². The summed E-state index contributed by atoms with van der Waals surface area (Å²) in [5.74, 6) is 0.655. The molecular weight excluding hydrogens is 265 g/mol. The Morgan fingerprint density at radius 3 is 2.37 bits per heavy atom. The maximum atomic E-state index is 12.7.